The molecule has 1 aromatic rings. The van der Waals surface area contributed by atoms with Gasteiger partial charge in [0.25, 0.3) is 0 Å². The number of hydrogen-bond donors (Lipinski definition) is 1. The van der Waals surface area contributed by atoms with Crippen LogP contribution in [0.3, 0.4) is 0 Å². The maximum Gasteiger partial charge on any atom is 0.00200 e. The lowest BCUT2D eigenvalue weighted by Crippen LogP contribution is -2.21. The Balaban J connectivity index is 2.33. The van der Waals surface area contributed by atoms with Crippen molar-refractivity contribution in [3.05, 3.63) is 35.4 Å². The number of nitrogens with one attached hydrogen (secondary N) is 1. The highest BCUT2D eigenvalue weighted by Crippen LogP contribution is 2.23. The van der Waals surface area contributed by atoms with E-state index in [9.17, 15) is 0 Å². The highest BCUT2D eigenvalue weighted by Gasteiger charge is 2.10. The van der Waals surface area contributed by atoms with Crippen LogP contribution in [0.4, 0.5) is 0 Å². The zero-order chi connectivity index (χ0) is 15.3. The standard InChI is InChI=1S/C20H35N/c1-4-6-7-8-9-10-11-14-20(17-21-5-2)19-15-12-13-18(3)16-19/h12-13,15-16,20-21H,4-11,14,17H2,1-3H3. The fourth-order valence-electron chi connectivity index (χ4n) is 2.98. The predicted molar refractivity (Wildman–Crippen MR) is 95.1 cm³/mol. The SMILES string of the molecule is CCCCCCCCCC(CNCC)c1cccc(C)c1. The Morgan fingerprint density at radius 1 is 0.952 bits per heavy atom. The van der Waals surface area contributed by atoms with Crippen molar-refractivity contribution < 1.29 is 0 Å². The van der Waals surface area contributed by atoms with Gasteiger partial charge in [0.1, 0.15) is 0 Å². The summed E-state index contributed by atoms with van der Waals surface area (Å²) in [6.45, 7) is 8.87. The van der Waals surface area contributed by atoms with Crippen LogP contribution in [0, 0.1) is 6.92 Å². The largest absolute Gasteiger partial charge is 0.316 e. The molecule has 21 heavy (non-hydrogen) atoms. The van der Waals surface area contributed by atoms with Crippen molar-refractivity contribution in [2.75, 3.05) is 13.1 Å². The van der Waals surface area contributed by atoms with Gasteiger partial charge in [0.15, 0.2) is 0 Å². The minimum atomic E-state index is 0.681. The van der Waals surface area contributed by atoms with Crippen LogP contribution < -0.4 is 5.32 Å². The molecule has 1 heteroatoms. The van der Waals surface area contributed by atoms with Crippen molar-refractivity contribution in [2.45, 2.75) is 78.1 Å². The lowest BCUT2D eigenvalue weighted by atomic mass is 9.91. The summed E-state index contributed by atoms with van der Waals surface area (Å²) < 4.78 is 0. The van der Waals surface area contributed by atoms with Crippen molar-refractivity contribution in [3.63, 3.8) is 0 Å². The monoisotopic (exact) mass is 289 g/mol. The fraction of sp³-hybridized carbons (Fsp3) is 0.700. The van der Waals surface area contributed by atoms with E-state index in [4.69, 9.17) is 0 Å². The van der Waals surface area contributed by atoms with E-state index in [0.717, 1.165) is 13.1 Å². The molecular formula is C20H35N. The summed E-state index contributed by atoms with van der Waals surface area (Å²) in [5, 5.41) is 3.54. The van der Waals surface area contributed by atoms with Gasteiger partial charge in [0.05, 0.1) is 0 Å². The molecule has 0 amide bonds. The summed E-state index contributed by atoms with van der Waals surface area (Å²) in [7, 11) is 0. The topological polar surface area (TPSA) is 12.0 Å². The van der Waals surface area contributed by atoms with Gasteiger partial charge in [-0.1, -0.05) is 88.6 Å². The first-order valence-corrected chi connectivity index (χ1v) is 9.05. The second-order valence-electron chi connectivity index (χ2n) is 6.33. The lowest BCUT2D eigenvalue weighted by molar-refractivity contribution is 0.510. The molecule has 0 aliphatic rings. The Kier molecular flexibility index (Phi) is 10.2. The van der Waals surface area contributed by atoms with E-state index in [1.54, 1.807) is 0 Å². The Labute approximate surface area is 132 Å². The predicted octanol–water partition coefficient (Wildman–Crippen LogP) is 5.83. The zero-order valence-electron chi connectivity index (χ0n) is 14.5. The van der Waals surface area contributed by atoms with E-state index >= 15 is 0 Å². The minimum absolute atomic E-state index is 0.681. The third-order valence-corrected chi connectivity index (χ3v) is 4.31. The van der Waals surface area contributed by atoms with Crippen LogP contribution >= 0.6 is 0 Å². The van der Waals surface area contributed by atoms with Gasteiger partial charge in [-0.3, -0.25) is 0 Å². The summed E-state index contributed by atoms with van der Waals surface area (Å²) in [6.07, 6.45) is 11.1. The second-order valence-corrected chi connectivity index (χ2v) is 6.33. The molecule has 0 saturated carbocycles. The van der Waals surface area contributed by atoms with Crippen molar-refractivity contribution in [3.8, 4) is 0 Å². The highest BCUT2D eigenvalue weighted by atomic mass is 14.8. The third-order valence-electron chi connectivity index (χ3n) is 4.31. The molecule has 0 spiro atoms. The normalized spacial score (nSPS) is 12.5. The molecule has 1 unspecified atom stereocenters. The molecule has 0 aromatic heterocycles. The van der Waals surface area contributed by atoms with Crippen LogP contribution in [-0.4, -0.2) is 13.1 Å². The number of rotatable bonds is 12. The molecule has 0 aliphatic carbocycles. The van der Waals surface area contributed by atoms with Gasteiger partial charge in [-0.15, -0.1) is 0 Å². The smallest absolute Gasteiger partial charge is 0.00200 e. The van der Waals surface area contributed by atoms with Crippen molar-refractivity contribution in [2.24, 2.45) is 0 Å². The third kappa shape index (κ3) is 8.26. The Morgan fingerprint density at radius 3 is 2.33 bits per heavy atom. The molecule has 1 nitrogen and oxygen atoms in total. The summed E-state index contributed by atoms with van der Waals surface area (Å²) >= 11 is 0. The molecule has 0 radical (unpaired) electrons. The van der Waals surface area contributed by atoms with Crippen molar-refractivity contribution in [1.29, 1.82) is 0 Å². The molecular weight excluding hydrogens is 254 g/mol. The molecule has 0 heterocycles. The molecule has 1 N–H and O–H groups in total. The van der Waals surface area contributed by atoms with Crippen LogP contribution in [0.15, 0.2) is 24.3 Å². The molecule has 120 valence electrons. The Morgan fingerprint density at radius 2 is 1.67 bits per heavy atom. The first kappa shape index (κ1) is 18.2. The van der Waals surface area contributed by atoms with Crippen LogP contribution in [0.1, 0.15) is 82.3 Å². The maximum absolute atomic E-state index is 3.54. The van der Waals surface area contributed by atoms with Crippen LogP contribution in [-0.2, 0) is 0 Å². The van der Waals surface area contributed by atoms with Gasteiger partial charge < -0.3 is 5.32 Å². The van der Waals surface area contributed by atoms with Crippen LogP contribution in [0.2, 0.25) is 0 Å². The molecule has 0 aliphatic heterocycles. The molecule has 0 saturated heterocycles. The van der Waals surface area contributed by atoms with E-state index < -0.39 is 0 Å². The number of benzene rings is 1. The van der Waals surface area contributed by atoms with E-state index in [2.05, 4.69) is 50.4 Å². The summed E-state index contributed by atoms with van der Waals surface area (Å²) in [6, 6.07) is 9.06. The Bertz CT molecular complexity index is 359. The van der Waals surface area contributed by atoms with Gasteiger partial charge in [0.2, 0.25) is 0 Å². The van der Waals surface area contributed by atoms with Crippen molar-refractivity contribution >= 4 is 0 Å². The molecule has 1 rings (SSSR count). The highest BCUT2D eigenvalue weighted by molar-refractivity contribution is 5.25. The average Bonchev–Trinajstić information content (AvgIpc) is 2.49. The van der Waals surface area contributed by atoms with Crippen molar-refractivity contribution in [1.82, 2.24) is 5.32 Å². The summed E-state index contributed by atoms with van der Waals surface area (Å²) in [5.41, 5.74) is 2.90. The average molecular weight is 290 g/mol. The number of likely N-dealkylation sites (N-methyl/N-ethyl adjacent to an activating group) is 1. The summed E-state index contributed by atoms with van der Waals surface area (Å²) in [4.78, 5) is 0. The van der Waals surface area contributed by atoms with E-state index in [0.29, 0.717) is 5.92 Å². The minimum Gasteiger partial charge on any atom is -0.316 e. The zero-order valence-corrected chi connectivity index (χ0v) is 14.5. The van der Waals surface area contributed by atoms with E-state index in [-0.39, 0.29) is 0 Å². The van der Waals surface area contributed by atoms with Gasteiger partial charge in [-0.2, -0.15) is 0 Å². The molecule has 1 aromatic carbocycles. The van der Waals surface area contributed by atoms with E-state index in [1.165, 1.54) is 62.5 Å². The van der Waals surface area contributed by atoms with E-state index in [1.807, 2.05) is 0 Å². The number of aryl methyl sites for hydroxylation is 1. The van der Waals surface area contributed by atoms with Crippen LogP contribution in [0.25, 0.3) is 0 Å². The molecule has 0 bridgehead atoms. The number of hydrogen-bond acceptors (Lipinski definition) is 1. The fourth-order valence-corrected chi connectivity index (χ4v) is 2.98. The van der Waals surface area contributed by atoms with Gasteiger partial charge >= 0.3 is 0 Å². The first-order valence-electron chi connectivity index (χ1n) is 9.05. The Hall–Kier alpha value is -0.820. The molecule has 1 atom stereocenters. The lowest BCUT2D eigenvalue weighted by Gasteiger charge is -2.18. The van der Waals surface area contributed by atoms with Gasteiger partial charge in [-0.05, 0) is 31.4 Å². The first-order chi connectivity index (χ1) is 10.3. The second kappa shape index (κ2) is 11.8. The summed E-state index contributed by atoms with van der Waals surface area (Å²) in [5.74, 6) is 0.681. The quantitative estimate of drug-likeness (QED) is 0.477. The maximum atomic E-state index is 3.54. The van der Waals surface area contributed by atoms with Gasteiger partial charge in [0, 0.05) is 6.54 Å². The van der Waals surface area contributed by atoms with Crippen LogP contribution in [0.5, 0.6) is 0 Å². The number of unbranched alkanes of at least 4 members (excludes halogenated alkanes) is 6. The molecule has 0 fully saturated rings. The van der Waals surface area contributed by atoms with Gasteiger partial charge in [-0.25, -0.2) is 0 Å².